The quantitative estimate of drug-likeness (QED) is 0.638. The van der Waals surface area contributed by atoms with Gasteiger partial charge in [-0.2, -0.15) is 4.31 Å². The molecule has 3 rings (SSSR count). The van der Waals surface area contributed by atoms with Crippen LogP contribution in [0.1, 0.15) is 22.6 Å². The second kappa shape index (κ2) is 9.38. The molecule has 1 saturated heterocycles. The lowest BCUT2D eigenvalue weighted by Gasteiger charge is -2.26. The lowest BCUT2D eigenvalue weighted by atomic mass is 10.2. The number of ether oxygens (including phenoxy) is 2. The monoisotopic (exact) mass is 422 g/mol. The van der Waals surface area contributed by atoms with Crippen LogP contribution in [0.25, 0.3) is 0 Å². The number of sulfonamides is 1. The van der Waals surface area contributed by atoms with Crippen molar-refractivity contribution in [2.24, 2.45) is 0 Å². The molecular weight excluding hydrogens is 396 g/mol. The third kappa shape index (κ3) is 4.95. The number of amides is 1. The molecule has 1 aromatic heterocycles. The molecule has 0 bridgehead atoms. The standard InChI is InChI=1S/C19H26N4O5S/c1-15-20-7-9-22(15)8-3-6-21-19(24)16-4-5-17(27-2)18(14-16)29(25,26)23-10-12-28-13-11-23/h4-5,7,9,14H,3,6,8,10-13H2,1-2H3,(H,21,24). The molecule has 0 aliphatic carbocycles. The van der Waals surface area contributed by atoms with E-state index in [0.717, 1.165) is 18.8 Å². The summed E-state index contributed by atoms with van der Waals surface area (Å²) in [5.74, 6) is 0.807. The number of aromatic nitrogens is 2. The lowest BCUT2D eigenvalue weighted by Crippen LogP contribution is -2.40. The van der Waals surface area contributed by atoms with E-state index in [1.54, 1.807) is 12.3 Å². The molecule has 0 unspecified atom stereocenters. The highest BCUT2D eigenvalue weighted by atomic mass is 32.2. The van der Waals surface area contributed by atoms with Crippen LogP contribution in [0.4, 0.5) is 0 Å². The van der Waals surface area contributed by atoms with Crippen molar-refractivity contribution in [1.29, 1.82) is 0 Å². The number of nitrogens with one attached hydrogen (secondary N) is 1. The molecule has 0 spiro atoms. The maximum atomic E-state index is 13.0. The van der Waals surface area contributed by atoms with Gasteiger partial charge in [0.05, 0.1) is 20.3 Å². The van der Waals surface area contributed by atoms with Crippen LogP contribution < -0.4 is 10.1 Å². The van der Waals surface area contributed by atoms with Gasteiger partial charge >= 0.3 is 0 Å². The number of rotatable bonds is 8. The third-order valence-corrected chi connectivity index (χ3v) is 6.72. The number of morpholine rings is 1. The molecule has 1 fully saturated rings. The topological polar surface area (TPSA) is 103 Å². The van der Waals surface area contributed by atoms with Gasteiger partial charge in [-0.15, -0.1) is 0 Å². The van der Waals surface area contributed by atoms with Crippen LogP contribution in [-0.4, -0.2) is 68.1 Å². The number of methoxy groups -OCH3 is 1. The molecule has 1 aliphatic heterocycles. The zero-order valence-corrected chi connectivity index (χ0v) is 17.4. The zero-order chi connectivity index (χ0) is 20.9. The summed E-state index contributed by atoms with van der Waals surface area (Å²) in [6, 6.07) is 4.45. The van der Waals surface area contributed by atoms with Crippen molar-refractivity contribution >= 4 is 15.9 Å². The first-order chi connectivity index (χ1) is 13.9. The van der Waals surface area contributed by atoms with E-state index in [1.807, 2.05) is 17.7 Å². The Morgan fingerprint density at radius 1 is 1.31 bits per heavy atom. The number of carbonyl (C=O) groups is 1. The lowest BCUT2D eigenvalue weighted by molar-refractivity contribution is 0.0729. The van der Waals surface area contributed by atoms with Gasteiger partial charge in [-0.25, -0.2) is 13.4 Å². The van der Waals surface area contributed by atoms with Gasteiger partial charge in [0.2, 0.25) is 10.0 Å². The summed E-state index contributed by atoms with van der Waals surface area (Å²) in [6.45, 7) is 4.37. The largest absolute Gasteiger partial charge is 0.495 e. The minimum absolute atomic E-state index is 0.0106. The molecule has 0 atom stereocenters. The van der Waals surface area contributed by atoms with Crippen LogP contribution >= 0.6 is 0 Å². The SMILES string of the molecule is COc1ccc(C(=O)NCCCn2ccnc2C)cc1S(=O)(=O)N1CCOCC1. The summed E-state index contributed by atoms with van der Waals surface area (Å²) in [7, 11) is -2.37. The van der Waals surface area contributed by atoms with Gasteiger partial charge in [-0.3, -0.25) is 4.79 Å². The van der Waals surface area contributed by atoms with Crippen molar-refractivity contribution in [3.63, 3.8) is 0 Å². The summed E-state index contributed by atoms with van der Waals surface area (Å²) in [6.07, 6.45) is 4.36. The number of hydrogen-bond donors (Lipinski definition) is 1. The highest BCUT2D eigenvalue weighted by molar-refractivity contribution is 7.89. The number of nitrogens with zero attached hydrogens (tertiary/aromatic N) is 3. The molecule has 1 N–H and O–H groups in total. The smallest absolute Gasteiger partial charge is 0.251 e. The molecule has 29 heavy (non-hydrogen) atoms. The van der Waals surface area contributed by atoms with Crippen molar-refractivity contribution in [2.45, 2.75) is 24.8 Å². The van der Waals surface area contributed by atoms with Crippen molar-refractivity contribution in [3.8, 4) is 5.75 Å². The second-order valence-electron chi connectivity index (χ2n) is 6.66. The minimum atomic E-state index is -3.78. The Kier molecular flexibility index (Phi) is 6.88. The average Bonchev–Trinajstić information content (AvgIpc) is 3.15. The van der Waals surface area contributed by atoms with E-state index >= 15 is 0 Å². The Bertz CT molecular complexity index is 951. The molecule has 10 heteroatoms. The van der Waals surface area contributed by atoms with E-state index in [9.17, 15) is 13.2 Å². The molecule has 1 amide bonds. The van der Waals surface area contributed by atoms with Crippen LogP contribution in [0.15, 0.2) is 35.5 Å². The maximum Gasteiger partial charge on any atom is 0.251 e. The molecule has 9 nitrogen and oxygen atoms in total. The van der Waals surface area contributed by atoms with E-state index in [2.05, 4.69) is 10.3 Å². The first-order valence-corrected chi connectivity index (χ1v) is 10.9. The molecule has 0 saturated carbocycles. The molecule has 2 heterocycles. The third-order valence-electron chi connectivity index (χ3n) is 4.80. The van der Waals surface area contributed by atoms with Gasteiger partial charge in [0.1, 0.15) is 16.5 Å². The fraction of sp³-hybridized carbons (Fsp3) is 0.474. The molecule has 2 aromatic rings. The predicted molar refractivity (Wildman–Crippen MR) is 106 cm³/mol. The zero-order valence-electron chi connectivity index (χ0n) is 16.6. The van der Waals surface area contributed by atoms with Gasteiger partial charge in [-0.05, 0) is 31.5 Å². The van der Waals surface area contributed by atoms with E-state index in [-0.39, 0.29) is 35.2 Å². The normalized spacial score (nSPS) is 15.2. The first kappa shape index (κ1) is 21.3. The van der Waals surface area contributed by atoms with Crippen molar-refractivity contribution < 1.29 is 22.7 Å². The van der Waals surface area contributed by atoms with Crippen LogP contribution in [0.5, 0.6) is 5.75 Å². The van der Waals surface area contributed by atoms with Crippen LogP contribution in [0.3, 0.4) is 0 Å². The van der Waals surface area contributed by atoms with Gasteiger partial charge in [0.25, 0.3) is 5.91 Å². The Hall–Kier alpha value is -2.43. The predicted octanol–water partition coefficient (Wildman–Crippen LogP) is 1.04. The Morgan fingerprint density at radius 3 is 2.72 bits per heavy atom. The second-order valence-corrected chi connectivity index (χ2v) is 8.57. The van der Waals surface area contributed by atoms with E-state index in [4.69, 9.17) is 9.47 Å². The molecule has 1 aliphatic rings. The average molecular weight is 423 g/mol. The number of hydrogen-bond acceptors (Lipinski definition) is 6. The minimum Gasteiger partial charge on any atom is -0.495 e. The summed E-state index contributed by atoms with van der Waals surface area (Å²) in [4.78, 5) is 16.7. The number of imidazole rings is 1. The van der Waals surface area contributed by atoms with E-state index in [0.29, 0.717) is 19.8 Å². The first-order valence-electron chi connectivity index (χ1n) is 9.45. The fourth-order valence-electron chi connectivity index (χ4n) is 3.14. The Labute approximate surface area is 170 Å². The summed E-state index contributed by atoms with van der Waals surface area (Å²) < 4.78 is 39.8. The fourth-order valence-corrected chi connectivity index (χ4v) is 4.73. The van der Waals surface area contributed by atoms with Crippen LogP contribution in [0.2, 0.25) is 0 Å². The molecular formula is C19H26N4O5S. The number of carbonyl (C=O) groups excluding carboxylic acids is 1. The van der Waals surface area contributed by atoms with Crippen molar-refractivity contribution in [1.82, 2.24) is 19.2 Å². The number of benzene rings is 1. The summed E-state index contributed by atoms with van der Waals surface area (Å²) in [5.41, 5.74) is 0.274. The Balaban J connectivity index is 1.68. The van der Waals surface area contributed by atoms with Crippen molar-refractivity contribution in [3.05, 3.63) is 42.0 Å². The van der Waals surface area contributed by atoms with Crippen molar-refractivity contribution in [2.75, 3.05) is 40.0 Å². The van der Waals surface area contributed by atoms with Gasteiger partial charge in [0, 0.05) is 44.1 Å². The highest BCUT2D eigenvalue weighted by Crippen LogP contribution is 2.28. The molecule has 0 radical (unpaired) electrons. The molecule has 158 valence electrons. The maximum absolute atomic E-state index is 13.0. The Morgan fingerprint density at radius 2 is 2.07 bits per heavy atom. The van der Waals surface area contributed by atoms with Crippen LogP contribution in [0, 0.1) is 6.92 Å². The van der Waals surface area contributed by atoms with Crippen LogP contribution in [-0.2, 0) is 21.3 Å². The van der Waals surface area contributed by atoms with Gasteiger partial charge in [-0.1, -0.05) is 0 Å². The highest BCUT2D eigenvalue weighted by Gasteiger charge is 2.30. The summed E-state index contributed by atoms with van der Waals surface area (Å²) >= 11 is 0. The van der Waals surface area contributed by atoms with Gasteiger partial charge in [0.15, 0.2) is 0 Å². The van der Waals surface area contributed by atoms with E-state index < -0.39 is 10.0 Å². The summed E-state index contributed by atoms with van der Waals surface area (Å²) in [5, 5.41) is 2.83. The van der Waals surface area contributed by atoms with Gasteiger partial charge < -0.3 is 19.4 Å². The van der Waals surface area contributed by atoms with E-state index in [1.165, 1.54) is 23.5 Å². The molecule has 1 aromatic carbocycles. The number of aryl methyl sites for hydroxylation is 2.